The lowest BCUT2D eigenvalue weighted by Crippen LogP contribution is -2.36. The zero-order chi connectivity index (χ0) is 13.8. The molecule has 1 aliphatic heterocycles. The largest absolute Gasteiger partial charge is 0.442 e. The van der Waals surface area contributed by atoms with E-state index in [9.17, 15) is 9.59 Å². The third-order valence-corrected chi connectivity index (χ3v) is 2.92. The maximum atomic E-state index is 11.9. The number of rotatable bonds is 1. The van der Waals surface area contributed by atoms with Gasteiger partial charge >= 0.3 is 12.2 Å². The van der Waals surface area contributed by atoms with Crippen molar-refractivity contribution in [1.82, 2.24) is 19.7 Å². The molecule has 104 valence electrons. The molecule has 8 heteroatoms. The van der Waals surface area contributed by atoms with E-state index in [1.807, 2.05) is 10.7 Å². The Morgan fingerprint density at radius 3 is 2.95 bits per heavy atom. The second-order valence-corrected chi connectivity index (χ2v) is 4.13. The Hall–Kier alpha value is -2.09. The summed E-state index contributed by atoms with van der Waals surface area (Å²) in [5.74, 6) is 0. The number of carbonyl (C=O) groups excluding carboxylic acids is 2. The number of carbonyl (C=O) groups is 2. The fourth-order valence-electron chi connectivity index (χ4n) is 1.82. The van der Waals surface area contributed by atoms with Gasteiger partial charge in [-0.05, 0) is 12.5 Å². The summed E-state index contributed by atoms with van der Waals surface area (Å²) in [4.78, 5) is 29.4. The van der Waals surface area contributed by atoms with Crippen LogP contribution in [0.25, 0.3) is 0 Å². The number of hydroxylamine groups is 2. The van der Waals surface area contributed by atoms with E-state index in [0.29, 0.717) is 13.1 Å². The first-order valence-electron chi connectivity index (χ1n) is 5.91. The molecule has 0 atom stereocenters. The normalized spacial score (nSPS) is 14.5. The molecule has 1 aromatic heterocycles. The minimum absolute atomic E-state index is 0.378. The van der Waals surface area contributed by atoms with E-state index in [1.165, 1.54) is 19.1 Å². The van der Waals surface area contributed by atoms with Crippen LogP contribution in [-0.4, -0.2) is 52.6 Å². The highest BCUT2D eigenvalue weighted by Crippen LogP contribution is 2.12. The maximum Gasteiger partial charge on any atom is 0.442 e. The van der Waals surface area contributed by atoms with Crippen LogP contribution in [0.1, 0.15) is 12.1 Å². The van der Waals surface area contributed by atoms with Crippen LogP contribution in [0, 0.1) is 0 Å². The average Bonchev–Trinajstić information content (AvgIpc) is 2.74. The van der Waals surface area contributed by atoms with Gasteiger partial charge in [0, 0.05) is 26.3 Å². The van der Waals surface area contributed by atoms with Crippen molar-refractivity contribution in [2.75, 3.05) is 20.7 Å². The Kier molecular flexibility index (Phi) is 4.00. The first-order chi connectivity index (χ1) is 9.11. The van der Waals surface area contributed by atoms with E-state index >= 15 is 0 Å². The number of hydrogen-bond donors (Lipinski definition) is 0. The molecule has 0 N–H and O–H groups in total. The van der Waals surface area contributed by atoms with Crippen molar-refractivity contribution in [3.05, 3.63) is 18.0 Å². The van der Waals surface area contributed by atoms with Gasteiger partial charge in [0.25, 0.3) is 0 Å². The highest BCUT2D eigenvalue weighted by molar-refractivity contribution is 5.82. The van der Waals surface area contributed by atoms with Crippen LogP contribution in [0.5, 0.6) is 0 Å². The molecule has 0 unspecified atom stereocenters. The number of aromatic nitrogens is 2. The molecule has 2 amide bonds. The second kappa shape index (κ2) is 5.70. The molecule has 0 fully saturated rings. The maximum absolute atomic E-state index is 11.9. The van der Waals surface area contributed by atoms with Gasteiger partial charge < -0.3 is 9.64 Å². The summed E-state index contributed by atoms with van der Waals surface area (Å²) >= 11 is 0. The highest BCUT2D eigenvalue weighted by Gasteiger charge is 2.24. The lowest BCUT2D eigenvalue weighted by molar-refractivity contribution is -0.0847. The van der Waals surface area contributed by atoms with Crippen molar-refractivity contribution in [3.8, 4) is 0 Å². The van der Waals surface area contributed by atoms with Crippen molar-refractivity contribution in [3.63, 3.8) is 0 Å². The summed E-state index contributed by atoms with van der Waals surface area (Å²) in [7, 11) is 2.68. The predicted molar refractivity (Wildman–Crippen MR) is 63.9 cm³/mol. The van der Waals surface area contributed by atoms with E-state index < -0.39 is 12.2 Å². The monoisotopic (exact) mass is 268 g/mol. The Morgan fingerprint density at radius 1 is 1.42 bits per heavy atom. The molecule has 0 saturated carbocycles. The van der Waals surface area contributed by atoms with E-state index in [2.05, 4.69) is 9.94 Å². The van der Waals surface area contributed by atoms with E-state index in [-0.39, 0.29) is 0 Å². The number of ether oxygens (including phenoxy) is 1. The SMILES string of the molecule is CON(C)C(=O)OC(=O)N1CCCn2nccc2C1. The molecule has 2 heterocycles. The molecule has 1 aliphatic rings. The van der Waals surface area contributed by atoms with Crippen molar-refractivity contribution >= 4 is 12.2 Å². The Labute approximate surface area is 110 Å². The third-order valence-electron chi connectivity index (χ3n) is 2.92. The van der Waals surface area contributed by atoms with E-state index in [1.54, 1.807) is 6.20 Å². The summed E-state index contributed by atoms with van der Waals surface area (Å²) < 4.78 is 6.55. The number of hydrogen-bond acceptors (Lipinski definition) is 5. The molecular formula is C11H16N4O4. The number of fused-ring (bicyclic) bond motifs is 1. The van der Waals surface area contributed by atoms with Gasteiger partial charge in [-0.25, -0.2) is 9.59 Å². The summed E-state index contributed by atoms with van der Waals surface area (Å²) in [6.07, 6.45) is 0.931. The van der Waals surface area contributed by atoms with Crippen LogP contribution in [0.4, 0.5) is 9.59 Å². The fraction of sp³-hybridized carbons (Fsp3) is 0.545. The summed E-state index contributed by atoms with van der Waals surface area (Å²) in [6, 6.07) is 1.84. The zero-order valence-electron chi connectivity index (χ0n) is 10.9. The fourth-order valence-corrected chi connectivity index (χ4v) is 1.82. The van der Waals surface area contributed by atoms with Crippen molar-refractivity contribution < 1.29 is 19.2 Å². The lowest BCUT2D eigenvalue weighted by Gasteiger charge is -2.20. The van der Waals surface area contributed by atoms with Crippen LogP contribution >= 0.6 is 0 Å². The van der Waals surface area contributed by atoms with Crippen molar-refractivity contribution in [1.29, 1.82) is 0 Å². The van der Waals surface area contributed by atoms with Gasteiger partial charge in [0.2, 0.25) is 0 Å². The van der Waals surface area contributed by atoms with Gasteiger partial charge in [-0.2, -0.15) is 10.2 Å². The molecular weight excluding hydrogens is 252 g/mol. The van der Waals surface area contributed by atoms with Crippen LogP contribution < -0.4 is 0 Å². The van der Waals surface area contributed by atoms with Gasteiger partial charge in [0.15, 0.2) is 0 Å². The van der Waals surface area contributed by atoms with Crippen molar-refractivity contribution in [2.45, 2.75) is 19.5 Å². The zero-order valence-corrected chi connectivity index (χ0v) is 10.9. The van der Waals surface area contributed by atoms with Gasteiger partial charge in [0.05, 0.1) is 19.3 Å². The third kappa shape index (κ3) is 3.02. The topological polar surface area (TPSA) is 76.9 Å². The minimum atomic E-state index is -0.842. The second-order valence-electron chi connectivity index (χ2n) is 4.13. The highest BCUT2D eigenvalue weighted by atomic mass is 16.7. The Balaban J connectivity index is 1.98. The standard InChI is InChI=1S/C11H16N4O4/c1-13(18-2)10(16)19-11(17)14-6-3-7-15-9(8-14)4-5-12-15/h4-5H,3,6-8H2,1-2H3. The Morgan fingerprint density at radius 2 is 2.21 bits per heavy atom. The molecule has 0 spiro atoms. The molecule has 2 rings (SSSR count). The molecule has 0 bridgehead atoms. The molecule has 1 aromatic rings. The van der Waals surface area contributed by atoms with Crippen molar-refractivity contribution in [2.24, 2.45) is 0 Å². The summed E-state index contributed by atoms with van der Waals surface area (Å²) in [5.41, 5.74) is 0.919. The predicted octanol–water partition coefficient (Wildman–Crippen LogP) is 0.839. The summed E-state index contributed by atoms with van der Waals surface area (Å²) in [5, 5.41) is 5.00. The first kappa shape index (κ1) is 13.3. The van der Waals surface area contributed by atoms with Gasteiger partial charge in [-0.15, -0.1) is 0 Å². The minimum Gasteiger partial charge on any atom is -0.358 e. The smallest absolute Gasteiger partial charge is 0.358 e. The molecule has 0 aliphatic carbocycles. The van der Waals surface area contributed by atoms with Gasteiger partial charge in [0.1, 0.15) is 0 Å². The number of nitrogens with zero attached hydrogens (tertiary/aromatic N) is 4. The van der Waals surface area contributed by atoms with E-state index in [4.69, 9.17) is 4.74 Å². The average molecular weight is 268 g/mol. The molecule has 0 aromatic carbocycles. The van der Waals surface area contributed by atoms with E-state index in [0.717, 1.165) is 23.7 Å². The molecule has 0 radical (unpaired) electrons. The molecule has 8 nitrogen and oxygen atoms in total. The lowest BCUT2D eigenvalue weighted by atomic mass is 10.4. The van der Waals surface area contributed by atoms with Gasteiger partial charge in [-0.3, -0.25) is 9.52 Å². The summed E-state index contributed by atoms with van der Waals surface area (Å²) in [6.45, 7) is 1.65. The van der Waals surface area contributed by atoms with Crippen LogP contribution in [-0.2, 0) is 22.7 Å². The molecule has 19 heavy (non-hydrogen) atoms. The molecule has 0 saturated heterocycles. The number of aryl methyl sites for hydroxylation is 1. The van der Waals surface area contributed by atoms with Gasteiger partial charge in [-0.1, -0.05) is 0 Å². The Bertz CT molecular complexity index is 473. The number of amides is 2. The van der Waals surface area contributed by atoms with Crippen LogP contribution in [0.3, 0.4) is 0 Å². The quantitative estimate of drug-likeness (QED) is 0.557. The first-order valence-corrected chi connectivity index (χ1v) is 5.91. The van der Waals surface area contributed by atoms with Crippen LogP contribution in [0.2, 0.25) is 0 Å². The van der Waals surface area contributed by atoms with Crippen LogP contribution in [0.15, 0.2) is 12.3 Å².